The van der Waals surface area contributed by atoms with Crippen molar-refractivity contribution in [3.05, 3.63) is 133 Å². The number of aromatic nitrogens is 2. The fraction of sp³-hybridized carbons (Fsp3) is 0.118. The third-order valence-corrected chi connectivity index (χ3v) is 6.72. The van der Waals surface area contributed by atoms with Gasteiger partial charge in [0.05, 0.1) is 13.2 Å². The molecule has 0 spiro atoms. The highest BCUT2D eigenvalue weighted by molar-refractivity contribution is 6.09. The summed E-state index contributed by atoms with van der Waals surface area (Å²) in [5, 5.41) is 4.58. The van der Waals surface area contributed by atoms with Crippen LogP contribution in [0, 0.1) is 0 Å². The lowest BCUT2D eigenvalue weighted by molar-refractivity contribution is 0.317. The second kappa shape index (κ2) is 11.1. The first-order valence-electron chi connectivity index (χ1n) is 13.0. The molecule has 0 atom stereocenters. The summed E-state index contributed by atoms with van der Waals surface area (Å²) in [6, 6.07) is 37.3. The zero-order chi connectivity index (χ0) is 25.6. The van der Waals surface area contributed by atoms with Gasteiger partial charge in [-0.2, -0.15) is 0 Å². The number of benzene rings is 4. The molecule has 0 radical (unpaired) electrons. The summed E-state index contributed by atoms with van der Waals surface area (Å²) in [5.41, 5.74) is 4.12. The van der Waals surface area contributed by atoms with Crippen LogP contribution in [0.3, 0.4) is 0 Å². The third-order valence-electron chi connectivity index (χ3n) is 6.72. The van der Waals surface area contributed by atoms with Gasteiger partial charge >= 0.3 is 0 Å². The predicted octanol–water partition coefficient (Wildman–Crippen LogP) is 7.69. The van der Waals surface area contributed by atoms with Crippen LogP contribution in [0.1, 0.15) is 11.4 Å². The van der Waals surface area contributed by atoms with E-state index < -0.39 is 0 Å². The van der Waals surface area contributed by atoms with Gasteiger partial charge in [-0.1, -0.05) is 72.8 Å². The van der Waals surface area contributed by atoms with Crippen molar-refractivity contribution < 1.29 is 9.47 Å². The maximum atomic E-state index is 6.48. The van der Waals surface area contributed by atoms with Crippen molar-refractivity contribution in [1.82, 2.24) is 9.97 Å². The number of hydrogen-bond donors (Lipinski definition) is 0. The van der Waals surface area contributed by atoms with E-state index in [1.807, 2.05) is 48.8 Å². The van der Waals surface area contributed by atoms with Crippen LogP contribution < -0.4 is 9.47 Å². The lowest BCUT2D eigenvalue weighted by Crippen LogP contribution is -2.06. The summed E-state index contributed by atoms with van der Waals surface area (Å²) in [6.07, 6.45) is 5.11. The second-order valence-electron chi connectivity index (χ2n) is 9.16. The minimum Gasteiger partial charge on any atom is -0.493 e. The van der Waals surface area contributed by atoms with Gasteiger partial charge in [0.2, 0.25) is 0 Å². The van der Waals surface area contributed by atoms with E-state index in [4.69, 9.17) is 9.47 Å². The van der Waals surface area contributed by atoms with Crippen LogP contribution in [-0.2, 0) is 12.8 Å². The zero-order valence-corrected chi connectivity index (χ0v) is 21.1. The van der Waals surface area contributed by atoms with Crippen molar-refractivity contribution >= 4 is 21.5 Å². The number of fused-ring (bicyclic) bond motifs is 2. The Bertz CT molecular complexity index is 1540. The Morgan fingerprint density at radius 2 is 0.895 bits per heavy atom. The van der Waals surface area contributed by atoms with E-state index in [2.05, 4.69) is 82.8 Å². The monoisotopic (exact) mass is 496 g/mol. The number of pyridine rings is 2. The summed E-state index contributed by atoms with van der Waals surface area (Å²) in [5.74, 6) is 1.68. The van der Waals surface area contributed by atoms with Crippen LogP contribution in [0.25, 0.3) is 32.7 Å². The summed E-state index contributed by atoms with van der Waals surface area (Å²) in [6.45, 7) is 1.06. The van der Waals surface area contributed by atoms with Gasteiger partial charge in [0, 0.05) is 47.8 Å². The minimum atomic E-state index is 0.531. The first kappa shape index (κ1) is 23.7. The van der Waals surface area contributed by atoms with E-state index in [0.29, 0.717) is 13.2 Å². The molecule has 2 heterocycles. The van der Waals surface area contributed by atoms with Crippen molar-refractivity contribution in [2.75, 3.05) is 13.2 Å². The quantitative estimate of drug-likeness (QED) is 0.206. The molecule has 186 valence electrons. The Morgan fingerprint density at radius 1 is 0.447 bits per heavy atom. The van der Waals surface area contributed by atoms with Gasteiger partial charge in [0.15, 0.2) is 0 Å². The van der Waals surface area contributed by atoms with Crippen LogP contribution in [0.4, 0.5) is 0 Å². The molecule has 0 aliphatic carbocycles. The highest BCUT2D eigenvalue weighted by Crippen LogP contribution is 2.45. The van der Waals surface area contributed by atoms with Crippen molar-refractivity contribution in [1.29, 1.82) is 0 Å². The van der Waals surface area contributed by atoms with Crippen molar-refractivity contribution in [3.8, 4) is 22.6 Å². The maximum Gasteiger partial charge on any atom is 0.127 e. The van der Waals surface area contributed by atoms with E-state index in [-0.39, 0.29) is 0 Å². The largest absolute Gasteiger partial charge is 0.493 e. The molecule has 0 aliphatic rings. The molecule has 0 N–H and O–H groups in total. The lowest BCUT2D eigenvalue weighted by atomic mass is 9.92. The average Bonchev–Trinajstić information content (AvgIpc) is 2.98. The molecule has 6 aromatic rings. The molecule has 0 unspecified atom stereocenters. The fourth-order valence-corrected chi connectivity index (χ4v) is 4.88. The molecule has 0 bridgehead atoms. The summed E-state index contributed by atoms with van der Waals surface area (Å²) in [7, 11) is 0. The molecule has 6 rings (SSSR count). The zero-order valence-electron chi connectivity index (χ0n) is 21.1. The van der Waals surface area contributed by atoms with Crippen LogP contribution in [-0.4, -0.2) is 23.2 Å². The standard InChI is InChI=1S/C34H28N2O2/c1-3-13-29-25(9-1)15-17-31(37-23-19-27-11-5-7-21-35-27)33(29)34-30-14-4-2-10-26(30)16-18-32(34)38-24-20-28-12-6-8-22-36-28/h1-18,21-22H,19-20,23-24H2. The van der Waals surface area contributed by atoms with Crippen molar-refractivity contribution in [3.63, 3.8) is 0 Å². The Hall–Kier alpha value is -4.70. The Morgan fingerprint density at radius 3 is 1.34 bits per heavy atom. The smallest absolute Gasteiger partial charge is 0.127 e. The highest BCUT2D eigenvalue weighted by atomic mass is 16.5. The normalized spacial score (nSPS) is 11.1. The second-order valence-corrected chi connectivity index (χ2v) is 9.16. The molecule has 0 saturated heterocycles. The average molecular weight is 497 g/mol. The Kier molecular flexibility index (Phi) is 6.94. The molecule has 0 amide bonds. The van der Waals surface area contributed by atoms with Gasteiger partial charge < -0.3 is 9.47 Å². The molecule has 4 heteroatoms. The maximum absolute atomic E-state index is 6.48. The van der Waals surface area contributed by atoms with Gasteiger partial charge in [-0.3, -0.25) is 9.97 Å². The van der Waals surface area contributed by atoms with Crippen LogP contribution in [0.5, 0.6) is 11.5 Å². The molecular weight excluding hydrogens is 468 g/mol. The topological polar surface area (TPSA) is 44.2 Å². The fourth-order valence-electron chi connectivity index (χ4n) is 4.88. The van der Waals surface area contributed by atoms with Gasteiger partial charge in [-0.25, -0.2) is 0 Å². The molecule has 4 aromatic carbocycles. The number of hydrogen-bond acceptors (Lipinski definition) is 4. The number of nitrogens with zero attached hydrogens (tertiary/aromatic N) is 2. The van der Waals surface area contributed by atoms with Crippen LogP contribution in [0.15, 0.2) is 122 Å². The minimum absolute atomic E-state index is 0.531. The van der Waals surface area contributed by atoms with Crippen LogP contribution >= 0.6 is 0 Å². The van der Waals surface area contributed by atoms with E-state index >= 15 is 0 Å². The van der Waals surface area contributed by atoms with Gasteiger partial charge in [0.1, 0.15) is 11.5 Å². The Labute approximate surface area is 222 Å². The number of ether oxygens (including phenoxy) is 2. The van der Waals surface area contributed by atoms with Crippen LogP contribution in [0.2, 0.25) is 0 Å². The highest BCUT2D eigenvalue weighted by Gasteiger charge is 2.19. The van der Waals surface area contributed by atoms with Crippen molar-refractivity contribution in [2.24, 2.45) is 0 Å². The molecule has 0 fully saturated rings. The van der Waals surface area contributed by atoms with E-state index in [0.717, 1.165) is 68.4 Å². The third kappa shape index (κ3) is 5.07. The van der Waals surface area contributed by atoms with Gasteiger partial charge in [-0.05, 0) is 57.9 Å². The predicted molar refractivity (Wildman–Crippen MR) is 154 cm³/mol. The summed E-state index contributed by atoms with van der Waals surface area (Å²) >= 11 is 0. The van der Waals surface area contributed by atoms with E-state index in [1.54, 1.807) is 0 Å². The SMILES string of the molecule is c1ccc(CCOc2ccc3ccccc3c2-c2c(OCCc3ccccn3)ccc3ccccc23)nc1. The Balaban J connectivity index is 1.43. The molecule has 0 aliphatic heterocycles. The van der Waals surface area contributed by atoms with Gasteiger partial charge in [0.25, 0.3) is 0 Å². The molecular formula is C34H28N2O2. The first-order valence-corrected chi connectivity index (χ1v) is 13.0. The van der Waals surface area contributed by atoms with Crippen molar-refractivity contribution in [2.45, 2.75) is 12.8 Å². The molecule has 0 saturated carbocycles. The molecule has 38 heavy (non-hydrogen) atoms. The van der Waals surface area contributed by atoms with E-state index in [9.17, 15) is 0 Å². The van der Waals surface area contributed by atoms with E-state index in [1.165, 1.54) is 0 Å². The molecule has 4 nitrogen and oxygen atoms in total. The first-order chi connectivity index (χ1) is 18.9. The molecule has 2 aromatic heterocycles. The van der Waals surface area contributed by atoms with Gasteiger partial charge in [-0.15, -0.1) is 0 Å². The lowest BCUT2D eigenvalue weighted by Gasteiger charge is -2.20. The summed E-state index contributed by atoms with van der Waals surface area (Å²) < 4.78 is 13.0. The summed E-state index contributed by atoms with van der Waals surface area (Å²) in [4.78, 5) is 8.90. The number of rotatable bonds is 9.